The molecule has 0 radical (unpaired) electrons. The highest BCUT2D eigenvalue weighted by Gasteiger charge is 2.23. The number of nitrogens with zero attached hydrogens (tertiary/aromatic N) is 2. The standard InChI is InChI=1S/C21H19FN2OS/c1-14-18(20(23-2)21(26-14)24-9-11-25-12-10-24)13-16-8-7-15-5-3-4-6-17(15)19(16)22/h3-8H,9-13H2,1H3. The van der Waals surface area contributed by atoms with Gasteiger partial charge in [-0.25, -0.2) is 9.24 Å². The highest BCUT2D eigenvalue weighted by Crippen LogP contribution is 2.44. The molecule has 5 heteroatoms. The first kappa shape index (κ1) is 17.0. The van der Waals surface area contributed by atoms with Crippen molar-refractivity contribution < 1.29 is 9.13 Å². The van der Waals surface area contributed by atoms with Crippen molar-refractivity contribution >= 4 is 32.8 Å². The zero-order valence-corrected chi connectivity index (χ0v) is 15.4. The Kier molecular flexibility index (Phi) is 4.62. The minimum absolute atomic E-state index is 0.183. The van der Waals surface area contributed by atoms with E-state index in [1.165, 1.54) is 0 Å². The Morgan fingerprint density at radius 1 is 1.19 bits per heavy atom. The fraction of sp³-hybridized carbons (Fsp3) is 0.286. The number of thiophene rings is 1. The van der Waals surface area contributed by atoms with E-state index in [-0.39, 0.29) is 5.82 Å². The van der Waals surface area contributed by atoms with E-state index < -0.39 is 0 Å². The van der Waals surface area contributed by atoms with Gasteiger partial charge in [0.15, 0.2) is 0 Å². The summed E-state index contributed by atoms with van der Waals surface area (Å²) < 4.78 is 20.4. The Balaban J connectivity index is 1.74. The predicted molar refractivity (Wildman–Crippen MR) is 105 cm³/mol. The minimum Gasteiger partial charge on any atom is -0.378 e. The van der Waals surface area contributed by atoms with Crippen LogP contribution in [0.1, 0.15) is 16.0 Å². The second-order valence-electron chi connectivity index (χ2n) is 6.44. The predicted octanol–water partition coefficient (Wildman–Crippen LogP) is 5.33. The van der Waals surface area contributed by atoms with Crippen LogP contribution in [0.15, 0.2) is 36.4 Å². The molecule has 0 unspecified atom stereocenters. The molecule has 2 aromatic carbocycles. The van der Waals surface area contributed by atoms with Crippen molar-refractivity contribution in [2.45, 2.75) is 13.3 Å². The van der Waals surface area contributed by atoms with Crippen LogP contribution in [-0.4, -0.2) is 26.3 Å². The van der Waals surface area contributed by atoms with Gasteiger partial charge in [0.1, 0.15) is 5.82 Å². The molecule has 1 aliphatic rings. The highest BCUT2D eigenvalue weighted by atomic mass is 32.1. The summed E-state index contributed by atoms with van der Waals surface area (Å²) in [6, 6.07) is 11.3. The monoisotopic (exact) mass is 366 g/mol. The SMILES string of the molecule is [C-]#[N+]c1c(N2CCOCC2)sc(C)c1Cc1ccc2ccccc2c1F. The van der Waals surface area contributed by atoms with Gasteiger partial charge < -0.3 is 9.64 Å². The van der Waals surface area contributed by atoms with Gasteiger partial charge >= 0.3 is 0 Å². The smallest absolute Gasteiger partial charge is 0.224 e. The molecule has 26 heavy (non-hydrogen) atoms. The molecule has 0 spiro atoms. The number of hydrogen-bond donors (Lipinski definition) is 0. The van der Waals surface area contributed by atoms with E-state index in [9.17, 15) is 4.39 Å². The average molecular weight is 366 g/mol. The second kappa shape index (κ2) is 7.06. The largest absolute Gasteiger partial charge is 0.378 e. The molecule has 3 aromatic rings. The fourth-order valence-corrected chi connectivity index (χ4v) is 4.62. The quantitative estimate of drug-likeness (QED) is 0.583. The van der Waals surface area contributed by atoms with Crippen LogP contribution >= 0.6 is 11.3 Å². The number of morpholine rings is 1. The lowest BCUT2D eigenvalue weighted by molar-refractivity contribution is 0.123. The van der Waals surface area contributed by atoms with Crippen LogP contribution in [0.4, 0.5) is 15.1 Å². The molecule has 4 rings (SSSR count). The molecule has 1 saturated heterocycles. The van der Waals surface area contributed by atoms with Crippen LogP contribution in [0.25, 0.3) is 15.6 Å². The molecule has 3 nitrogen and oxygen atoms in total. The average Bonchev–Trinajstić information content (AvgIpc) is 3.00. The molecule has 0 bridgehead atoms. The van der Waals surface area contributed by atoms with Gasteiger partial charge in [-0.2, -0.15) is 0 Å². The first-order chi connectivity index (χ1) is 12.7. The summed E-state index contributed by atoms with van der Waals surface area (Å²) in [7, 11) is 0. The first-order valence-electron chi connectivity index (χ1n) is 8.67. The van der Waals surface area contributed by atoms with E-state index in [0.717, 1.165) is 33.9 Å². The van der Waals surface area contributed by atoms with Gasteiger partial charge in [0, 0.05) is 18.5 Å². The number of aryl methyl sites for hydroxylation is 1. The van der Waals surface area contributed by atoms with Gasteiger partial charge in [-0.1, -0.05) is 36.4 Å². The lowest BCUT2D eigenvalue weighted by atomic mass is 10.00. The Morgan fingerprint density at radius 2 is 1.96 bits per heavy atom. The summed E-state index contributed by atoms with van der Waals surface area (Å²) in [5.41, 5.74) is 2.26. The lowest BCUT2D eigenvalue weighted by Gasteiger charge is -2.28. The summed E-state index contributed by atoms with van der Waals surface area (Å²) in [6.07, 6.45) is 0.445. The van der Waals surface area contributed by atoms with Crippen LogP contribution in [-0.2, 0) is 11.2 Å². The van der Waals surface area contributed by atoms with E-state index in [1.54, 1.807) is 11.3 Å². The van der Waals surface area contributed by atoms with Gasteiger partial charge in [-0.3, -0.25) is 0 Å². The van der Waals surface area contributed by atoms with E-state index in [1.807, 2.05) is 43.3 Å². The molecular weight excluding hydrogens is 347 g/mol. The van der Waals surface area contributed by atoms with Crippen molar-refractivity contribution in [1.82, 2.24) is 0 Å². The first-order valence-corrected chi connectivity index (χ1v) is 9.49. The number of anilines is 1. The molecule has 1 aliphatic heterocycles. The zero-order valence-electron chi connectivity index (χ0n) is 14.6. The Morgan fingerprint density at radius 3 is 2.73 bits per heavy atom. The second-order valence-corrected chi connectivity index (χ2v) is 7.64. The summed E-state index contributed by atoms with van der Waals surface area (Å²) in [5, 5.41) is 2.53. The molecule has 1 aromatic heterocycles. The van der Waals surface area contributed by atoms with E-state index in [2.05, 4.69) is 9.74 Å². The van der Waals surface area contributed by atoms with E-state index in [4.69, 9.17) is 11.3 Å². The summed E-state index contributed by atoms with van der Waals surface area (Å²) in [4.78, 5) is 7.12. The summed E-state index contributed by atoms with van der Waals surface area (Å²) >= 11 is 1.63. The molecule has 2 heterocycles. The minimum atomic E-state index is -0.183. The van der Waals surface area contributed by atoms with Gasteiger partial charge in [0.2, 0.25) is 5.69 Å². The van der Waals surface area contributed by atoms with Gasteiger partial charge in [0.25, 0.3) is 0 Å². The van der Waals surface area contributed by atoms with Crippen molar-refractivity contribution in [1.29, 1.82) is 0 Å². The van der Waals surface area contributed by atoms with Crippen LogP contribution in [0.3, 0.4) is 0 Å². The van der Waals surface area contributed by atoms with Gasteiger partial charge in [-0.05, 0) is 34.7 Å². The number of fused-ring (bicyclic) bond motifs is 1. The summed E-state index contributed by atoms with van der Waals surface area (Å²) in [6.45, 7) is 12.7. The fourth-order valence-electron chi connectivity index (χ4n) is 3.46. The number of ether oxygens (including phenoxy) is 1. The van der Waals surface area contributed by atoms with Crippen molar-refractivity contribution in [2.75, 3.05) is 31.2 Å². The molecule has 0 saturated carbocycles. The van der Waals surface area contributed by atoms with E-state index >= 15 is 0 Å². The zero-order chi connectivity index (χ0) is 18.1. The lowest BCUT2D eigenvalue weighted by Crippen LogP contribution is -2.35. The maximum atomic E-state index is 15.0. The Hall–Kier alpha value is -2.42. The molecule has 132 valence electrons. The van der Waals surface area contributed by atoms with Crippen LogP contribution < -0.4 is 4.90 Å². The Labute approximate surface area is 156 Å². The van der Waals surface area contributed by atoms with Gasteiger partial charge in [0.05, 0.1) is 24.8 Å². The van der Waals surface area contributed by atoms with Crippen LogP contribution in [0, 0.1) is 19.3 Å². The van der Waals surface area contributed by atoms with Gasteiger partial charge in [-0.15, -0.1) is 11.3 Å². The Bertz CT molecular complexity index is 999. The number of benzene rings is 2. The molecule has 1 fully saturated rings. The third kappa shape index (κ3) is 2.96. The number of halogens is 1. The molecular formula is C21H19FN2OS. The van der Waals surface area contributed by atoms with E-state index in [0.29, 0.717) is 36.3 Å². The number of hydrogen-bond acceptors (Lipinski definition) is 3. The number of rotatable bonds is 3. The molecule has 0 atom stereocenters. The topological polar surface area (TPSA) is 16.8 Å². The van der Waals surface area contributed by atoms with Crippen LogP contribution in [0.5, 0.6) is 0 Å². The highest BCUT2D eigenvalue weighted by molar-refractivity contribution is 7.17. The maximum Gasteiger partial charge on any atom is 0.224 e. The third-order valence-corrected chi connectivity index (χ3v) is 6.08. The summed E-state index contributed by atoms with van der Waals surface area (Å²) in [5.74, 6) is -0.183. The van der Waals surface area contributed by atoms with Crippen molar-refractivity contribution in [3.8, 4) is 0 Å². The van der Waals surface area contributed by atoms with Crippen molar-refractivity contribution in [3.05, 3.63) is 69.6 Å². The third-order valence-electron chi connectivity index (χ3n) is 4.88. The molecule has 0 aliphatic carbocycles. The van der Waals surface area contributed by atoms with Crippen molar-refractivity contribution in [3.63, 3.8) is 0 Å². The molecule has 0 amide bonds. The normalized spacial score (nSPS) is 14.6. The maximum absolute atomic E-state index is 15.0. The van der Waals surface area contributed by atoms with Crippen LogP contribution in [0.2, 0.25) is 0 Å². The molecule has 0 N–H and O–H groups in total. The van der Waals surface area contributed by atoms with Crippen molar-refractivity contribution in [2.24, 2.45) is 0 Å².